The van der Waals surface area contributed by atoms with Crippen molar-refractivity contribution in [2.75, 3.05) is 34.2 Å². The van der Waals surface area contributed by atoms with E-state index in [0.717, 1.165) is 28.5 Å². The summed E-state index contributed by atoms with van der Waals surface area (Å²) in [7, 11) is 7.29. The molecule has 2 aromatic carbocycles. The van der Waals surface area contributed by atoms with Gasteiger partial charge in [-0.05, 0) is 63.9 Å². The smallest absolute Gasteiger partial charge is 0.373 e. The van der Waals surface area contributed by atoms with Crippen LogP contribution in [0.15, 0.2) is 90.6 Å². The van der Waals surface area contributed by atoms with E-state index in [1.807, 2.05) is 57.2 Å². The van der Waals surface area contributed by atoms with E-state index in [9.17, 15) is 18.0 Å². The molecule has 0 bridgehead atoms. The van der Waals surface area contributed by atoms with Gasteiger partial charge in [0.2, 0.25) is 0 Å². The van der Waals surface area contributed by atoms with Crippen LogP contribution in [-0.4, -0.2) is 80.9 Å². The molecule has 0 atom stereocenters. The Morgan fingerprint density at radius 1 is 1.09 bits per heavy atom. The molecule has 0 saturated carbocycles. The first-order chi connectivity index (χ1) is 21.8. The van der Waals surface area contributed by atoms with Crippen molar-refractivity contribution in [1.29, 1.82) is 0 Å². The zero-order chi connectivity index (χ0) is 33.6. The molecule has 0 aliphatic rings. The molecule has 0 radical (unpaired) electrons. The molecule has 0 aliphatic heterocycles. The van der Waals surface area contributed by atoms with E-state index >= 15 is 0 Å². The van der Waals surface area contributed by atoms with E-state index in [-0.39, 0.29) is 6.08 Å². The lowest BCUT2D eigenvalue weighted by molar-refractivity contribution is -0.0799. The van der Waals surface area contributed by atoms with Gasteiger partial charge in [-0.15, -0.1) is 5.10 Å². The average Bonchev–Trinajstić information content (AvgIpc) is 3.64. The summed E-state index contributed by atoms with van der Waals surface area (Å²) in [5.41, 5.74) is 5.33. The van der Waals surface area contributed by atoms with Crippen LogP contribution in [0.25, 0.3) is 28.2 Å². The third kappa shape index (κ3) is 8.52. The van der Waals surface area contributed by atoms with E-state index in [4.69, 9.17) is 11.6 Å². The number of nitrogens with one attached hydrogen (secondary N) is 1. The van der Waals surface area contributed by atoms with Crippen LogP contribution in [0.5, 0.6) is 0 Å². The number of carbonyl (C=O) groups is 1. The van der Waals surface area contributed by atoms with Crippen LogP contribution in [0, 0.1) is 6.92 Å². The highest BCUT2D eigenvalue weighted by molar-refractivity contribution is 6.33. The average molecular weight is 653 g/mol. The van der Waals surface area contributed by atoms with Crippen LogP contribution in [0.2, 0.25) is 5.02 Å². The van der Waals surface area contributed by atoms with Crippen molar-refractivity contribution in [3.05, 3.63) is 107 Å². The number of aromatic nitrogens is 5. The third-order valence-corrected chi connectivity index (χ3v) is 7.52. The number of aryl methyl sites for hydroxylation is 2. The Labute approximate surface area is 271 Å². The highest BCUT2D eigenvalue weighted by Gasteiger charge is 2.23. The van der Waals surface area contributed by atoms with Gasteiger partial charge in [-0.1, -0.05) is 47.2 Å². The molecule has 2 aromatic heterocycles. The number of benzene rings is 2. The van der Waals surface area contributed by atoms with E-state index < -0.39 is 12.1 Å². The molecular weight excluding hydrogens is 617 g/mol. The van der Waals surface area contributed by atoms with Crippen molar-refractivity contribution in [1.82, 2.24) is 39.9 Å². The molecular formula is C33H36ClF3N8O. The van der Waals surface area contributed by atoms with Gasteiger partial charge in [0.25, 0.3) is 5.91 Å². The fourth-order valence-corrected chi connectivity index (χ4v) is 4.82. The number of amides is 1. The molecule has 0 fully saturated rings. The van der Waals surface area contributed by atoms with Gasteiger partial charge in [0.1, 0.15) is 5.69 Å². The first kappa shape index (κ1) is 34.2. The van der Waals surface area contributed by atoms with Gasteiger partial charge in [0, 0.05) is 66.4 Å². The maximum absolute atomic E-state index is 13.4. The minimum atomic E-state index is -4.48. The fourth-order valence-electron chi connectivity index (χ4n) is 4.60. The Kier molecular flexibility index (Phi) is 10.9. The monoisotopic (exact) mass is 652 g/mol. The first-order valence-corrected chi connectivity index (χ1v) is 14.8. The summed E-state index contributed by atoms with van der Waals surface area (Å²) in [6, 6.07) is 12.6. The summed E-state index contributed by atoms with van der Waals surface area (Å²) in [4.78, 5) is 17.0. The largest absolute Gasteiger partial charge is 0.409 e. The van der Waals surface area contributed by atoms with E-state index in [0.29, 0.717) is 46.5 Å². The molecule has 0 spiro atoms. The summed E-state index contributed by atoms with van der Waals surface area (Å²) in [6.07, 6.45) is 3.30. The summed E-state index contributed by atoms with van der Waals surface area (Å²) >= 11 is 6.48. The molecule has 13 heteroatoms. The molecule has 2 heterocycles. The molecule has 0 unspecified atom stereocenters. The summed E-state index contributed by atoms with van der Waals surface area (Å²) in [5.74, 6) is -0.436. The first-order valence-electron chi connectivity index (χ1n) is 14.4. The zero-order valence-corrected chi connectivity index (χ0v) is 27.2. The van der Waals surface area contributed by atoms with Crippen LogP contribution in [0.4, 0.5) is 13.2 Å². The lowest BCUT2D eigenvalue weighted by Crippen LogP contribution is -2.29. The molecule has 1 amide bonds. The standard InChI is InChI=1S/C33H36ClF3N8O/c1-7-24(19-25(14-15-33(35,36)37)43(5)17-16-42(3)4)39-32(46)23-13-12-22(2)30(18-23)45-21-29(40-41-45)27-20-38-44(6)31(27)26-10-8-9-11-28(26)34/h7-15,18-21H,16-17H2,1-6H3,(H,39,46)/b15-14+,24-7+,25-19+. The Morgan fingerprint density at radius 2 is 1.83 bits per heavy atom. The highest BCUT2D eigenvalue weighted by atomic mass is 35.5. The van der Waals surface area contributed by atoms with Crippen LogP contribution in [0.3, 0.4) is 0 Å². The third-order valence-electron chi connectivity index (χ3n) is 7.19. The van der Waals surface area contributed by atoms with Crippen molar-refractivity contribution in [3.63, 3.8) is 0 Å². The summed E-state index contributed by atoms with van der Waals surface area (Å²) < 4.78 is 42.4. The lowest BCUT2D eigenvalue weighted by Gasteiger charge is -2.23. The Morgan fingerprint density at radius 3 is 2.50 bits per heavy atom. The Bertz CT molecular complexity index is 1790. The number of allylic oxidation sites excluding steroid dienone is 4. The number of hydrogen-bond acceptors (Lipinski definition) is 6. The van der Waals surface area contributed by atoms with Gasteiger partial charge in [-0.25, -0.2) is 4.68 Å². The summed E-state index contributed by atoms with van der Waals surface area (Å²) in [5, 5.41) is 16.5. The number of nitrogens with zero attached hydrogens (tertiary/aromatic N) is 7. The van der Waals surface area contributed by atoms with Gasteiger partial charge >= 0.3 is 6.18 Å². The van der Waals surface area contributed by atoms with Gasteiger partial charge in [0.15, 0.2) is 0 Å². The van der Waals surface area contributed by atoms with Gasteiger partial charge in [-0.2, -0.15) is 18.3 Å². The Balaban J connectivity index is 1.61. The molecule has 242 valence electrons. The molecule has 46 heavy (non-hydrogen) atoms. The van der Waals surface area contributed by atoms with E-state index in [2.05, 4.69) is 20.7 Å². The second kappa shape index (κ2) is 14.6. The van der Waals surface area contributed by atoms with Crippen LogP contribution < -0.4 is 5.32 Å². The van der Waals surface area contributed by atoms with Gasteiger partial charge < -0.3 is 15.1 Å². The zero-order valence-electron chi connectivity index (χ0n) is 26.5. The number of likely N-dealkylation sites (N-methyl/N-ethyl adjacent to an activating group) is 2. The van der Waals surface area contributed by atoms with Crippen molar-refractivity contribution >= 4 is 17.5 Å². The molecule has 4 aromatic rings. The highest BCUT2D eigenvalue weighted by Crippen LogP contribution is 2.35. The molecule has 1 N–H and O–H groups in total. The van der Waals surface area contributed by atoms with Crippen molar-refractivity contribution in [2.45, 2.75) is 20.0 Å². The SMILES string of the molecule is C\C=C(/C=C(\C=C\C(F)(F)F)N(C)CCN(C)C)NC(=O)c1ccc(C)c(-n2cc(-c3cnn(C)c3-c3ccccc3Cl)nn2)c1. The summed E-state index contributed by atoms with van der Waals surface area (Å²) in [6.45, 7) is 4.69. The van der Waals surface area contributed by atoms with Crippen molar-refractivity contribution < 1.29 is 18.0 Å². The normalized spacial score (nSPS) is 12.8. The van der Waals surface area contributed by atoms with E-state index in [1.165, 1.54) is 6.08 Å². The van der Waals surface area contributed by atoms with Crippen LogP contribution >= 0.6 is 11.6 Å². The predicted molar refractivity (Wildman–Crippen MR) is 174 cm³/mol. The fraction of sp³-hybridized carbons (Fsp3) is 0.273. The number of rotatable bonds is 11. The van der Waals surface area contributed by atoms with Crippen molar-refractivity contribution in [3.8, 4) is 28.2 Å². The van der Waals surface area contributed by atoms with E-state index in [1.54, 1.807) is 64.9 Å². The topological polar surface area (TPSA) is 84.1 Å². The minimum Gasteiger partial charge on any atom is -0.373 e. The number of hydrogen-bond donors (Lipinski definition) is 1. The quantitative estimate of drug-likeness (QED) is 0.188. The van der Waals surface area contributed by atoms with Gasteiger partial charge in [-0.3, -0.25) is 9.48 Å². The maximum atomic E-state index is 13.4. The Hall–Kier alpha value is -4.68. The van der Waals surface area contributed by atoms with Crippen LogP contribution in [0.1, 0.15) is 22.8 Å². The van der Waals surface area contributed by atoms with Crippen molar-refractivity contribution in [2.24, 2.45) is 7.05 Å². The maximum Gasteiger partial charge on any atom is 0.409 e. The lowest BCUT2D eigenvalue weighted by atomic mass is 10.1. The molecule has 0 aliphatic carbocycles. The molecule has 0 saturated heterocycles. The number of halogens is 4. The number of carbonyl (C=O) groups excluding carboxylic acids is 1. The second-order valence-electron chi connectivity index (χ2n) is 10.9. The predicted octanol–water partition coefficient (Wildman–Crippen LogP) is 6.43. The number of alkyl halides is 3. The molecule has 4 rings (SSSR count). The minimum absolute atomic E-state index is 0.182. The van der Waals surface area contributed by atoms with Gasteiger partial charge in [0.05, 0.1) is 23.8 Å². The second-order valence-corrected chi connectivity index (χ2v) is 11.3. The molecule has 9 nitrogen and oxygen atoms in total. The van der Waals surface area contributed by atoms with Crippen LogP contribution in [-0.2, 0) is 7.05 Å².